The van der Waals surface area contributed by atoms with E-state index in [4.69, 9.17) is 5.73 Å². The molecule has 0 aliphatic rings. The molecule has 6 atom stereocenters. The first kappa shape index (κ1) is 30.1. The third kappa shape index (κ3) is 9.67. The van der Waals surface area contributed by atoms with Gasteiger partial charge < -0.3 is 31.8 Å². The summed E-state index contributed by atoms with van der Waals surface area (Å²) in [7, 11) is 0. The Bertz CT molecular complexity index is 828. The number of rotatable bonds is 15. The Morgan fingerprint density at radius 1 is 0.943 bits per heavy atom. The van der Waals surface area contributed by atoms with E-state index >= 15 is 0 Å². The summed E-state index contributed by atoms with van der Waals surface area (Å²) >= 11 is 0. The molecule has 1 heterocycles. The summed E-state index contributed by atoms with van der Waals surface area (Å²) < 4.78 is 0. The fourth-order valence-corrected chi connectivity index (χ4v) is 3.60. The van der Waals surface area contributed by atoms with Crippen molar-refractivity contribution in [2.75, 3.05) is 0 Å². The first-order valence-electron chi connectivity index (χ1n) is 12.3. The molecule has 6 unspecified atom stereocenters. The van der Waals surface area contributed by atoms with Crippen LogP contribution in [-0.4, -0.2) is 62.9 Å². The quantitative estimate of drug-likeness (QED) is 0.210. The highest BCUT2D eigenvalue weighted by Crippen LogP contribution is 2.14. The summed E-state index contributed by atoms with van der Waals surface area (Å²) in [6.45, 7) is 11.3. The number of imidazole rings is 1. The van der Waals surface area contributed by atoms with Crippen LogP contribution in [0.4, 0.5) is 0 Å². The Hall–Kier alpha value is -2.95. The molecule has 35 heavy (non-hydrogen) atoms. The van der Waals surface area contributed by atoms with E-state index in [0.717, 1.165) is 0 Å². The molecule has 7 N–H and O–H groups in total. The first-order valence-corrected chi connectivity index (χ1v) is 12.3. The van der Waals surface area contributed by atoms with Crippen LogP contribution in [0.2, 0.25) is 0 Å². The number of amides is 3. The van der Waals surface area contributed by atoms with Gasteiger partial charge in [-0.3, -0.25) is 14.4 Å². The summed E-state index contributed by atoms with van der Waals surface area (Å²) in [5, 5.41) is 17.6. The summed E-state index contributed by atoms with van der Waals surface area (Å²) in [6.07, 6.45) is 4.58. The highest BCUT2D eigenvalue weighted by Gasteiger charge is 2.34. The third-order valence-electron chi connectivity index (χ3n) is 6.24. The molecule has 1 rings (SSSR count). The summed E-state index contributed by atoms with van der Waals surface area (Å²) in [6, 6.07) is -3.82. The third-order valence-corrected chi connectivity index (χ3v) is 6.24. The Morgan fingerprint density at radius 3 is 1.89 bits per heavy atom. The average molecular weight is 495 g/mol. The van der Waals surface area contributed by atoms with Gasteiger partial charge in [0.2, 0.25) is 17.7 Å². The minimum atomic E-state index is -1.20. The van der Waals surface area contributed by atoms with E-state index in [1.165, 1.54) is 12.5 Å². The van der Waals surface area contributed by atoms with Crippen LogP contribution in [0.15, 0.2) is 12.5 Å². The highest BCUT2D eigenvalue weighted by atomic mass is 16.4. The maximum Gasteiger partial charge on any atom is 0.326 e. The Balaban J connectivity index is 3.02. The Kier molecular flexibility index (Phi) is 12.4. The number of aliphatic carboxylic acids is 1. The van der Waals surface area contributed by atoms with Crippen LogP contribution >= 0.6 is 0 Å². The number of nitrogens with two attached hydrogens (primary N) is 1. The highest BCUT2D eigenvalue weighted by molar-refractivity contribution is 5.94. The molecule has 11 heteroatoms. The molecule has 0 spiro atoms. The van der Waals surface area contributed by atoms with E-state index < -0.39 is 47.9 Å². The number of carbonyl (C=O) groups is 4. The van der Waals surface area contributed by atoms with Gasteiger partial charge in [0.1, 0.15) is 18.1 Å². The van der Waals surface area contributed by atoms with Crippen LogP contribution in [0.3, 0.4) is 0 Å². The second-order valence-corrected chi connectivity index (χ2v) is 9.66. The van der Waals surface area contributed by atoms with Gasteiger partial charge in [-0.2, -0.15) is 0 Å². The minimum Gasteiger partial charge on any atom is -0.480 e. The molecule has 1 aromatic heterocycles. The van der Waals surface area contributed by atoms with Gasteiger partial charge in [-0.05, 0) is 24.2 Å². The summed E-state index contributed by atoms with van der Waals surface area (Å²) in [5.41, 5.74) is 6.55. The largest absolute Gasteiger partial charge is 0.480 e. The van der Waals surface area contributed by atoms with Gasteiger partial charge in [0, 0.05) is 18.3 Å². The molecule has 11 nitrogen and oxygen atoms in total. The number of H-pyrrole nitrogens is 1. The van der Waals surface area contributed by atoms with Crippen LogP contribution in [0.25, 0.3) is 0 Å². The zero-order chi connectivity index (χ0) is 26.7. The fourth-order valence-electron chi connectivity index (χ4n) is 3.60. The molecule has 0 aliphatic carbocycles. The van der Waals surface area contributed by atoms with Crippen molar-refractivity contribution in [3.63, 3.8) is 0 Å². The van der Waals surface area contributed by atoms with Crippen LogP contribution in [-0.2, 0) is 25.6 Å². The van der Waals surface area contributed by atoms with Crippen molar-refractivity contribution in [3.05, 3.63) is 18.2 Å². The van der Waals surface area contributed by atoms with Gasteiger partial charge in [0.05, 0.1) is 12.4 Å². The van der Waals surface area contributed by atoms with Crippen molar-refractivity contribution >= 4 is 23.7 Å². The predicted molar refractivity (Wildman–Crippen MR) is 132 cm³/mol. The number of hydrogen-bond acceptors (Lipinski definition) is 6. The topological polar surface area (TPSA) is 179 Å². The lowest BCUT2D eigenvalue weighted by molar-refractivity contribution is -0.142. The Morgan fingerprint density at radius 2 is 1.46 bits per heavy atom. The maximum atomic E-state index is 13.3. The lowest BCUT2D eigenvalue weighted by atomic mass is 9.94. The lowest BCUT2D eigenvalue weighted by Gasteiger charge is -2.30. The van der Waals surface area contributed by atoms with Crippen molar-refractivity contribution in [2.45, 2.75) is 91.4 Å². The number of carbonyl (C=O) groups excluding carboxylic acids is 3. The molecule has 0 bridgehead atoms. The van der Waals surface area contributed by atoms with Crippen molar-refractivity contribution < 1.29 is 24.3 Å². The van der Waals surface area contributed by atoms with E-state index in [1.807, 2.05) is 34.6 Å². The zero-order valence-electron chi connectivity index (χ0n) is 21.6. The Labute approximate surface area is 207 Å². The van der Waals surface area contributed by atoms with Gasteiger partial charge in [-0.15, -0.1) is 0 Å². The maximum absolute atomic E-state index is 13.3. The van der Waals surface area contributed by atoms with E-state index in [1.54, 1.807) is 6.92 Å². The van der Waals surface area contributed by atoms with E-state index in [2.05, 4.69) is 25.9 Å². The molecular weight excluding hydrogens is 452 g/mol. The van der Waals surface area contributed by atoms with Gasteiger partial charge in [-0.25, -0.2) is 9.78 Å². The number of hydrogen-bond donors (Lipinski definition) is 6. The van der Waals surface area contributed by atoms with Crippen LogP contribution in [0, 0.1) is 17.8 Å². The van der Waals surface area contributed by atoms with Crippen molar-refractivity contribution in [3.8, 4) is 0 Å². The van der Waals surface area contributed by atoms with Crippen molar-refractivity contribution in [1.82, 2.24) is 25.9 Å². The molecule has 3 amide bonds. The van der Waals surface area contributed by atoms with Crippen molar-refractivity contribution in [1.29, 1.82) is 0 Å². The van der Waals surface area contributed by atoms with Crippen LogP contribution in [0.1, 0.15) is 66.5 Å². The number of carboxylic acid groups (broad SMARTS) is 1. The fraction of sp³-hybridized carbons (Fsp3) is 0.708. The van der Waals surface area contributed by atoms with E-state index in [-0.39, 0.29) is 24.2 Å². The second-order valence-electron chi connectivity index (χ2n) is 9.66. The average Bonchev–Trinajstić information content (AvgIpc) is 3.31. The summed E-state index contributed by atoms with van der Waals surface area (Å²) in [5.74, 6) is -3.01. The van der Waals surface area contributed by atoms with E-state index in [9.17, 15) is 24.3 Å². The number of nitrogens with one attached hydrogen (secondary N) is 4. The van der Waals surface area contributed by atoms with Crippen LogP contribution in [0.5, 0.6) is 0 Å². The molecule has 0 aliphatic heterocycles. The predicted octanol–water partition coefficient (Wildman–Crippen LogP) is 0.957. The number of nitrogens with zero attached hydrogens (tertiary/aromatic N) is 1. The number of aromatic amines is 1. The molecule has 1 aromatic rings. The van der Waals surface area contributed by atoms with E-state index in [0.29, 0.717) is 25.0 Å². The second kappa shape index (κ2) is 14.4. The molecule has 0 saturated carbocycles. The molecule has 0 fully saturated rings. The number of carboxylic acids is 1. The zero-order valence-corrected chi connectivity index (χ0v) is 21.6. The van der Waals surface area contributed by atoms with Gasteiger partial charge >= 0.3 is 5.97 Å². The molecular formula is C24H42N6O5. The molecule has 0 saturated heterocycles. The smallest absolute Gasteiger partial charge is 0.326 e. The monoisotopic (exact) mass is 494 g/mol. The number of aromatic nitrogens is 2. The van der Waals surface area contributed by atoms with Gasteiger partial charge in [-0.1, -0.05) is 54.4 Å². The van der Waals surface area contributed by atoms with Crippen LogP contribution < -0.4 is 21.7 Å². The minimum absolute atomic E-state index is 0.0154. The summed E-state index contributed by atoms with van der Waals surface area (Å²) in [4.78, 5) is 57.4. The van der Waals surface area contributed by atoms with Gasteiger partial charge in [0.15, 0.2) is 0 Å². The SMILES string of the molecule is CCC(C)C(NC(=O)C(N)CC(C)C)C(=O)NC(C(=O)NC(Cc1cnc[nH]1)C(=O)O)C(C)CC. The molecule has 0 aromatic carbocycles. The normalized spacial score (nSPS) is 16.5. The molecule has 198 valence electrons. The van der Waals surface area contributed by atoms with Crippen molar-refractivity contribution in [2.24, 2.45) is 23.5 Å². The first-order chi connectivity index (χ1) is 16.4. The standard InChI is InChI=1S/C24H42N6O5/c1-7-14(5)19(22(32)28-18(24(34)35)10-16-11-26-12-27-16)30-23(33)20(15(6)8-2)29-21(31)17(25)9-13(3)4/h11-15,17-20H,7-10,25H2,1-6H3,(H,26,27)(H,28,32)(H,29,31)(H,30,33)(H,34,35). The molecule has 0 radical (unpaired) electrons. The lowest BCUT2D eigenvalue weighted by Crippen LogP contribution is -2.60. The van der Waals surface area contributed by atoms with Gasteiger partial charge in [0.25, 0.3) is 0 Å².